The molecule has 0 radical (unpaired) electrons. The van der Waals surface area contributed by atoms with Crippen LogP contribution >= 0.6 is 11.6 Å². The predicted molar refractivity (Wildman–Crippen MR) is 91.6 cm³/mol. The molecular weight excluding hydrogens is 330 g/mol. The number of oxime groups is 1. The summed E-state index contributed by atoms with van der Waals surface area (Å²) in [6.45, 7) is 1.56. The Hall–Kier alpha value is -2.92. The van der Waals surface area contributed by atoms with Crippen LogP contribution in [-0.2, 0) is 4.84 Å². The van der Waals surface area contributed by atoms with E-state index >= 15 is 0 Å². The molecule has 0 atom stereocenters. The molecule has 0 unspecified atom stereocenters. The first kappa shape index (κ1) is 16.0. The smallest absolute Gasteiger partial charge is 0.367 e. The zero-order valence-electron chi connectivity index (χ0n) is 12.7. The van der Waals surface area contributed by atoms with Crippen molar-refractivity contribution in [3.63, 3.8) is 0 Å². The first-order valence-electron chi connectivity index (χ1n) is 7.10. The highest BCUT2D eigenvalue weighted by atomic mass is 35.5. The number of benzene rings is 2. The summed E-state index contributed by atoms with van der Waals surface area (Å²) in [6.07, 6.45) is 0. The van der Waals surface area contributed by atoms with Crippen molar-refractivity contribution in [3.05, 3.63) is 81.2 Å². The molecule has 24 heavy (non-hydrogen) atoms. The van der Waals surface area contributed by atoms with Gasteiger partial charge in [-0.3, -0.25) is 0 Å². The third kappa shape index (κ3) is 3.21. The van der Waals surface area contributed by atoms with Crippen molar-refractivity contribution in [3.8, 4) is 0 Å². The van der Waals surface area contributed by atoms with Crippen LogP contribution in [-0.4, -0.2) is 11.7 Å². The van der Waals surface area contributed by atoms with Crippen molar-refractivity contribution in [1.82, 2.24) is 0 Å². The van der Waals surface area contributed by atoms with Crippen molar-refractivity contribution < 1.29 is 14.0 Å². The Morgan fingerprint density at radius 3 is 2.58 bits per heavy atom. The SMILES string of the molecule is CC(=NOC(=O)c1ccccc1Cl)c1cc2ccccc2oc1=O. The molecule has 6 heteroatoms. The molecule has 0 aliphatic carbocycles. The van der Waals surface area contributed by atoms with Gasteiger partial charge in [0.05, 0.1) is 21.9 Å². The maximum absolute atomic E-state index is 12.0. The second-order valence-corrected chi connectivity index (χ2v) is 5.43. The molecule has 0 N–H and O–H groups in total. The lowest BCUT2D eigenvalue weighted by atomic mass is 10.1. The van der Waals surface area contributed by atoms with E-state index < -0.39 is 11.6 Å². The van der Waals surface area contributed by atoms with Gasteiger partial charge in [0.1, 0.15) is 5.58 Å². The van der Waals surface area contributed by atoms with Crippen LogP contribution in [0.5, 0.6) is 0 Å². The minimum Gasteiger partial charge on any atom is -0.422 e. The molecule has 1 heterocycles. The Bertz CT molecular complexity index is 1010. The Balaban J connectivity index is 1.89. The van der Waals surface area contributed by atoms with Gasteiger partial charge in [0.25, 0.3) is 0 Å². The summed E-state index contributed by atoms with van der Waals surface area (Å²) in [5.41, 5.74) is 0.577. The highest BCUT2D eigenvalue weighted by Crippen LogP contribution is 2.16. The summed E-state index contributed by atoms with van der Waals surface area (Å²) >= 11 is 5.93. The average molecular weight is 342 g/mol. The van der Waals surface area contributed by atoms with E-state index in [1.807, 2.05) is 12.1 Å². The predicted octanol–water partition coefficient (Wildman–Crippen LogP) is 4.03. The monoisotopic (exact) mass is 341 g/mol. The van der Waals surface area contributed by atoms with Crippen molar-refractivity contribution >= 4 is 34.3 Å². The topological polar surface area (TPSA) is 68.9 Å². The number of nitrogens with zero attached hydrogens (tertiary/aromatic N) is 1. The molecule has 2 aromatic carbocycles. The fourth-order valence-corrected chi connectivity index (χ4v) is 2.36. The molecule has 0 bridgehead atoms. The van der Waals surface area contributed by atoms with E-state index in [2.05, 4.69) is 5.16 Å². The third-order valence-corrected chi connectivity index (χ3v) is 3.72. The summed E-state index contributed by atoms with van der Waals surface area (Å²) in [5, 5.41) is 4.74. The van der Waals surface area contributed by atoms with Gasteiger partial charge in [-0.2, -0.15) is 0 Å². The lowest BCUT2D eigenvalue weighted by Gasteiger charge is -2.03. The van der Waals surface area contributed by atoms with E-state index in [1.54, 1.807) is 43.3 Å². The number of rotatable bonds is 3. The maximum Gasteiger partial charge on any atom is 0.367 e. The molecular formula is C18H12ClNO4. The lowest BCUT2D eigenvalue weighted by molar-refractivity contribution is 0.0516. The second kappa shape index (κ2) is 6.68. The van der Waals surface area contributed by atoms with Gasteiger partial charge in [0, 0.05) is 5.39 Å². The Morgan fingerprint density at radius 1 is 1.08 bits per heavy atom. The van der Waals surface area contributed by atoms with Gasteiger partial charge in [-0.1, -0.05) is 47.1 Å². The van der Waals surface area contributed by atoms with Gasteiger partial charge in [-0.05, 0) is 31.2 Å². The van der Waals surface area contributed by atoms with Crippen LogP contribution in [0.1, 0.15) is 22.8 Å². The Morgan fingerprint density at radius 2 is 1.79 bits per heavy atom. The highest BCUT2D eigenvalue weighted by Gasteiger charge is 2.13. The molecule has 5 nitrogen and oxygen atoms in total. The normalized spacial score (nSPS) is 11.5. The number of carbonyl (C=O) groups excluding carboxylic acids is 1. The van der Waals surface area contributed by atoms with Crippen LogP contribution in [0.25, 0.3) is 11.0 Å². The molecule has 0 saturated heterocycles. The minimum absolute atomic E-state index is 0.196. The van der Waals surface area contributed by atoms with E-state index in [1.165, 1.54) is 6.07 Å². The fraction of sp³-hybridized carbons (Fsp3) is 0.0556. The van der Waals surface area contributed by atoms with E-state index in [9.17, 15) is 9.59 Å². The second-order valence-electron chi connectivity index (χ2n) is 5.02. The minimum atomic E-state index is -0.704. The number of fused-ring (bicyclic) bond motifs is 1. The quantitative estimate of drug-likeness (QED) is 0.312. The van der Waals surface area contributed by atoms with E-state index in [0.717, 1.165) is 5.39 Å². The summed E-state index contributed by atoms with van der Waals surface area (Å²) in [4.78, 5) is 28.9. The summed E-state index contributed by atoms with van der Waals surface area (Å²) < 4.78 is 5.23. The molecule has 0 saturated carbocycles. The van der Waals surface area contributed by atoms with Crippen LogP contribution < -0.4 is 5.63 Å². The van der Waals surface area contributed by atoms with E-state index in [0.29, 0.717) is 5.58 Å². The van der Waals surface area contributed by atoms with Crippen molar-refractivity contribution in [2.75, 3.05) is 0 Å². The fourth-order valence-electron chi connectivity index (χ4n) is 2.15. The van der Waals surface area contributed by atoms with Crippen LogP contribution in [0.15, 0.2) is 69.0 Å². The van der Waals surface area contributed by atoms with Crippen LogP contribution in [0.3, 0.4) is 0 Å². The molecule has 3 rings (SSSR count). The summed E-state index contributed by atoms with van der Waals surface area (Å²) in [5.74, 6) is -0.704. The molecule has 0 amide bonds. The van der Waals surface area contributed by atoms with Gasteiger partial charge in [-0.25, -0.2) is 9.59 Å². The largest absolute Gasteiger partial charge is 0.422 e. The first-order valence-corrected chi connectivity index (χ1v) is 7.48. The van der Waals surface area contributed by atoms with E-state index in [-0.39, 0.29) is 21.9 Å². The van der Waals surface area contributed by atoms with Gasteiger partial charge in [0.15, 0.2) is 0 Å². The average Bonchev–Trinajstić information content (AvgIpc) is 2.59. The Kier molecular flexibility index (Phi) is 4.44. The summed E-state index contributed by atoms with van der Waals surface area (Å²) in [6, 6.07) is 15.2. The van der Waals surface area contributed by atoms with Gasteiger partial charge < -0.3 is 9.25 Å². The molecule has 0 fully saturated rings. The first-order chi connectivity index (χ1) is 11.6. The molecule has 3 aromatic rings. The van der Waals surface area contributed by atoms with Crippen molar-refractivity contribution in [1.29, 1.82) is 0 Å². The number of hydrogen-bond acceptors (Lipinski definition) is 5. The number of para-hydroxylation sites is 1. The molecule has 0 spiro atoms. The molecule has 0 aliphatic heterocycles. The highest BCUT2D eigenvalue weighted by molar-refractivity contribution is 6.33. The third-order valence-electron chi connectivity index (χ3n) is 3.39. The van der Waals surface area contributed by atoms with Crippen LogP contribution in [0.2, 0.25) is 5.02 Å². The zero-order valence-corrected chi connectivity index (χ0v) is 13.4. The van der Waals surface area contributed by atoms with Crippen LogP contribution in [0.4, 0.5) is 0 Å². The summed E-state index contributed by atoms with van der Waals surface area (Å²) in [7, 11) is 0. The molecule has 1 aromatic heterocycles. The number of halogens is 1. The lowest BCUT2D eigenvalue weighted by Crippen LogP contribution is -2.13. The number of carbonyl (C=O) groups is 1. The van der Waals surface area contributed by atoms with Gasteiger partial charge in [0.2, 0.25) is 0 Å². The number of hydrogen-bond donors (Lipinski definition) is 0. The van der Waals surface area contributed by atoms with Crippen molar-refractivity contribution in [2.45, 2.75) is 6.92 Å². The maximum atomic E-state index is 12.0. The zero-order chi connectivity index (χ0) is 17.1. The Labute approximate surface area is 142 Å². The van der Waals surface area contributed by atoms with Crippen LogP contribution in [0, 0.1) is 0 Å². The van der Waals surface area contributed by atoms with Gasteiger partial charge in [-0.15, -0.1) is 0 Å². The standard InChI is InChI=1S/C18H12ClNO4/c1-11(20-24-18(22)13-7-3-4-8-15(13)19)14-10-12-6-2-5-9-16(12)23-17(14)21/h2-10H,1H3. The molecule has 120 valence electrons. The molecule has 0 aliphatic rings. The van der Waals surface area contributed by atoms with E-state index in [4.69, 9.17) is 20.9 Å². The van der Waals surface area contributed by atoms with Gasteiger partial charge >= 0.3 is 11.6 Å². The van der Waals surface area contributed by atoms with Crippen molar-refractivity contribution in [2.24, 2.45) is 5.16 Å².